The zero-order valence-corrected chi connectivity index (χ0v) is 22.3. The number of carbonyl (C=O) groups excluding carboxylic acids is 1. The van der Waals surface area contributed by atoms with E-state index in [4.69, 9.17) is 4.74 Å². The molecule has 1 aliphatic heterocycles. The van der Waals surface area contributed by atoms with Gasteiger partial charge in [0.05, 0.1) is 6.54 Å². The van der Waals surface area contributed by atoms with E-state index in [0.29, 0.717) is 18.9 Å². The molecule has 0 aliphatic carbocycles. The number of ether oxygens (including phenoxy) is 1. The number of halogens is 1. The molecular formula is C26H37IN4O2. The first-order valence-electron chi connectivity index (χ1n) is 11.6. The maximum Gasteiger partial charge on any atom is 0.223 e. The first-order valence-corrected chi connectivity index (χ1v) is 11.6. The van der Waals surface area contributed by atoms with E-state index in [0.717, 1.165) is 44.3 Å². The summed E-state index contributed by atoms with van der Waals surface area (Å²) in [5, 5.41) is 6.70. The van der Waals surface area contributed by atoms with Gasteiger partial charge in [0.25, 0.3) is 0 Å². The number of carbonyl (C=O) groups is 1. The first-order chi connectivity index (χ1) is 15.5. The third-order valence-corrected chi connectivity index (χ3v) is 5.57. The molecule has 3 rings (SSSR count). The van der Waals surface area contributed by atoms with Gasteiger partial charge in [-0.2, -0.15) is 0 Å². The molecule has 6 nitrogen and oxygen atoms in total. The summed E-state index contributed by atoms with van der Waals surface area (Å²) in [6.07, 6.45) is 1.46. The van der Waals surface area contributed by atoms with Crippen molar-refractivity contribution in [2.75, 3.05) is 32.7 Å². The minimum atomic E-state index is -0.0327. The lowest BCUT2D eigenvalue weighted by Crippen LogP contribution is -2.41. The monoisotopic (exact) mass is 564 g/mol. The smallest absolute Gasteiger partial charge is 0.223 e. The van der Waals surface area contributed by atoms with Crippen molar-refractivity contribution in [3.05, 3.63) is 65.7 Å². The fraction of sp³-hybridized carbons (Fsp3) is 0.462. The Bertz CT molecular complexity index is 874. The molecule has 0 aromatic heterocycles. The van der Waals surface area contributed by atoms with Crippen LogP contribution in [0.15, 0.2) is 59.6 Å². The Morgan fingerprint density at radius 1 is 1.15 bits per heavy atom. The topological polar surface area (TPSA) is 66.0 Å². The van der Waals surface area contributed by atoms with Crippen LogP contribution in [0.25, 0.3) is 0 Å². The summed E-state index contributed by atoms with van der Waals surface area (Å²) in [5.41, 5.74) is 2.48. The highest BCUT2D eigenvalue weighted by Crippen LogP contribution is 2.18. The van der Waals surface area contributed by atoms with Crippen molar-refractivity contribution in [3.8, 4) is 5.75 Å². The van der Waals surface area contributed by atoms with Gasteiger partial charge in [-0.3, -0.25) is 4.79 Å². The standard InChI is InChI=1S/C26H36N4O2.HI/c1-4-27-26(28-17-21(3)32-24-12-10-20(2)11-13-24)29-18-23-16-25(31)30(19-23)15-14-22-8-6-5-7-9-22;/h5-13,21,23H,4,14-19H2,1-3H3,(H2,27,28,29);1H. The van der Waals surface area contributed by atoms with Gasteiger partial charge >= 0.3 is 0 Å². The summed E-state index contributed by atoms with van der Waals surface area (Å²) in [6, 6.07) is 18.4. The van der Waals surface area contributed by atoms with E-state index in [2.05, 4.69) is 34.7 Å². The molecule has 2 aromatic rings. The van der Waals surface area contributed by atoms with Gasteiger partial charge in [0.1, 0.15) is 11.9 Å². The van der Waals surface area contributed by atoms with Crippen molar-refractivity contribution < 1.29 is 9.53 Å². The molecule has 2 unspecified atom stereocenters. The highest BCUT2D eigenvalue weighted by Gasteiger charge is 2.29. The Labute approximate surface area is 215 Å². The minimum absolute atomic E-state index is 0. The number of likely N-dealkylation sites (tertiary alicyclic amines) is 1. The number of rotatable bonds is 10. The van der Waals surface area contributed by atoms with E-state index >= 15 is 0 Å². The van der Waals surface area contributed by atoms with Gasteiger partial charge in [-0.05, 0) is 44.9 Å². The second kappa shape index (κ2) is 14.1. The molecule has 1 fully saturated rings. The van der Waals surface area contributed by atoms with E-state index in [1.54, 1.807) is 0 Å². The van der Waals surface area contributed by atoms with Gasteiger partial charge in [0, 0.05) is 38.5 Å². The molecule has 0 radical (unpaired) electrons. The molecule has 0 saturated carbocycles. The normalized spacial score (nSPS) is 16.8. The van der Waals surface area contributed by atoms with Crippen LogP contribution in [0.3, 0.4) is 0 Å². The fourth-order valence-corrected chi connectivity index (χ4v) is 3.80. The summed E-state index contributed by atoms with van der Waals surface area (Å²) >= 11 is 0. The molecular weight excluding hydrogens is 527 g/mol. The van der Waals surface area contributed by atoms with Crippen LogP contribution in [0.4, 0.5) is 0 Å². The number of aryl methyl sites for hydroxylation is 1. The minimum Gasteiger partial charge on any atom is -0.489 e. The summed E-state index contributed by atoms with van der Waals surface area (Å²) in [5.74, 6) is 2.16. The molecule has 1 aliphatic rings. The molecule has 33 heavy (non-hydrogen) atoms. The lowest BCUT2D eigenvalue weighted by atomic mass is 10.1. The van der Waals surface area contributed by atoms with Gasteiger partial charge in [0.15, 0.2) is 5.96 Å². The molecule has 2 aromatic carbocycles. The van der Waals surface area contributed by atoms with E-state index in [1.807, 2.05) is 61.2 Å². The zero-order chi connectivity index (χ0) is 22.8. The Kier molecular flexibility index (Phi) is 11.5. The summed E-state index contributed by atoms with van der Waals surface area (Å²) in [4.78, 5) is 19.1. The first kappa shape index (κ1) is 27.0. The molecule has 1 amide bonds. The number of nitrogens with one attached hydrogen (secondary N) is 2. The SMILES string of the molecule is CCNC(=NCC(C)Oc1ccc(C)cc1)NCC1CC(=O)N(CCc2ccccc2)C1.I. The predicted octanol–water partition coefficient (Wildman–Crippen LogP) is 4.03. The lowest BCUT2D eigenvalue weighted by molar-refractivity contribution is -0.127. The quantitative estimate of drug-likeness (QED) is 0.260. The van der Waals surface area contributed by atoms with Crippen molar-refractivity contribution in [3.63, 3.8) is 0 Å². The maximum absolute atomic E-state index is 12.4. The van der Waals surface area contributed by atoms with E-state index in [9.17, 15) is 4.79 Å². The zero-order valence-electron chi connectivity index (χ0n) is 19.9. The van der Waals surface area contributed by atoms with Crippen LogP contribution in [-0.2, 0) is 11.2 Å². The Morgan fingerprint density at radius 2 is 1.88 bits per heavy atom. The van der Waals surface area contributed by atoms with Gasteiger partial charge in [-0.15, -0.1) is 24.0 Å². The number of aliphatic imine (C=N–C) groups is 1. The van der Waals surface area contributed by atoms with Crippen LogP contribution in [0.1, 0.15) is 31.4 Å². The van der Waals surface area contributed by atoms with E-state index < -0.39 is 0 Å². The third kappa shape index (κ3) is 9.23. The Balaban J connectivity index is 0.00000385. The number of nitrogens with zero attached hydrogens (tertiary/aromatic N) is 2. The molecule has 7 heteroatoms. The van der Waals surface area contributed by atoms with Crippen molar-refractivity contribution in [2.45, 2.75) is 39.7 Å². The molecule has 0 bridgehead atoms. The molecule has 1 heterocycles. The van der Waals surface area contributed by atoms with Crippen LogP contribution < -0.4 is 15.4 Å². The Morgan fingerprint density at radius 3 is 2.58 bits per heavy atom. The average molecular weight is 565 g/mol. The van der Waals surface area contributed by atoms with Crippen LogP contribution in [0, 0.1) is 12.8 Å². The van der Waals surface area contributed by atoms with Crippen molar-refractivity contribution in [2.24, 2.45) is 10.9 Å². The highest BCUT2D eigenvalue weighted by atomic mass is 127. The molecule has 0 spiro atoms. The highest BCUT2D eigenvalue weighted by molar-refractivity contribution is 14.0. The van der Waals surface area contributed by atoms with Gasteiger partial charge < -0.3 is 20.3 Å². The maximum atomic E-state index is 12.4. The number of hydrogen-bond acceptors (Lipinski definition) is 3. The number of amides is 1. The Hall–Kier alpha value is -2.29. The fourth-order valence-electron chi connectivity index (χ4n) is 3.80. The second-order valence-electron chi connectivity index (χ2n) is 8.49. The van der Waals surface area contributed by atoms with Crippen molar-refractivity contribution >= 4 is 35.8 Å². The van der Waals surface area contributed by atoms with E-state index in [-0.39, 0.29) is 36.0 Å². The molecule has 2 N–H and O–H groups in total. The predicted molar refractivity (Wildman–Crippen MR) is 145 cm³/mol. The van der Waals surface area contributed by atoms with Crippen molar-refractivity contribution in [1.29, 1.82) is 0 Å². The van der Waals surface area contributed by atoms with Crippen LogP contribution in [0.2, 0.25) is 0 Å². The summed E-state index contributed by atoms with van der Waals surface area (Å²) in [7, 11) is 0. The number of hydrogen-bond donors (Lipinski definition) is 2. The van der Waals surface area contributed by atoms with Crippen molar-refractivity contribution in [1.82, 2.24) is 15.5 Å². The van der Waals surface area contributed by atoms with Crippen LogP contribution in [-0.4, -0.2) is 55.6 Å². The van der Waals surface area contributed by atoms with Gasteiger partial charge in [-0.25, -0.2) is 4.99 Å². The molecule has 1 saturated heterocycles. The largest absolute Gasteiger partial charge is 0.489 e. The third-order valence-electron chi connectivity index (χ3n) is 5.57. The molecule has 180 valence electrons. The summed E-state index contributed by atoms with van der Waals surface area (Å²) in [6.45, 7) is 9.77. The molecule has 2 atom stereocenters. The summed E-state index contributed by atoms with van der Waals surface area (Å²) < 4.78 is 5.95. The van der Waals surface area contributed by atoms with Gasteiger partial charge in [-0.1, -0.05) is 48.0 Å². The van der Waals surface area contributed by atoms with E-state index in [1.165, 1.54) is 11.1 Å². The van der Waals surface area contributed by atoms with Crippen LogP contribution in [0.5, 0.6) is 5.75 Å². The average Bonchev–Trinajstić information content (AvgIpc) is 3.16. The number of benzene rings is 2. The van der Waals surface area contributed by atoms with Gasteiger partial charge in [0.2, 0.25) is 5.91 Å². The lowest BCUT2D eigenvalue weighted by Gasteiger charge is -2.18. The second-order valence-corrected chi connectivity index (χ2v) is 8.49. The van der Waals surface area contributed by atoms with Crippen LogP contribution >= 0.6 is 24.0 Å². The number of guanidine groups is 1.